The molecule has 1 heterocycles. The summed E-state index contributed by atoms with van der Waals surface area (Å²) < 4.78 is 11.9. The molecule has 0 aliphatic carbocycles. The molecule has 2 rings (SSSR count). The van der Waals surface area contributed by atoms with Gasteiger partial charge in [0.25, 0.3) is 0 Å². The molecule has 0 saturated heterocycles. The van der Waals surface area contributed by atoms with Crippen molar-refractivity contribution in [2.24, 2.45) is 0 Å². The molecule has 0 aliphatic rings. The lowest BCUT2D eigenvalue weighted by Gasteiger charge is -2.02. The van der Waals surface area contributed by atoms with E-state index in [1.165, 1.54) is 0 Å². The second-order valence-electron chi connectivity index (χ2n) is 4.06. The van der Waals surface area contributed by atoms with Crippen molar-refractivity contribution in [1.29, 1.82) is 0 Å². The highest BCUT2D eigenvalue weighted by Crippen LogP contribution is 2.29. The first kappa shape index (κ1) is 14.1. The predicted octanol–water partition coefficient (Wildman–Crippen LogP) is 3.53. The Balaban J connectivity index is 1.93. The summed E-state index contributed by atoms with van der Waals surface area (Å²) in [4.78, 5) is 4.54. The lowest BCUT2D eigenvalue weighted by atomic mass is 10.3. The Hall–Kier alpha value is -1.33. The molecule has 1 N–H and O–H groups in total. The zero-order valence-electron chi connectivity index (χ0n) is 11.4. The average molecular weight is 280 g/mol. The van der Waals surface area contributed by atoms with Crippen molar-refractivity contribution in [3.8, 4) is 5.75 Å². The molecule has 19 heavy (non-hydrogen) atoms. The molecule has 1 aromatic carbocycles. The maximum atomic E-state index is 5.49. The molecule has 104 valence electrons. The molecule has 0 aliphatic heterocycles. The Labute approximate surface area is 117 Å². The van der Waals surface area contributed by atoms with Crippen LogP contribution in [0.25, 0.3) is 10.2 Å². The van der Waals surface area contributed by atoms with Gasteiger partial charge in [0.05, 0.1) is 16.8 Å². The molecule has 4 nitrogen and oxygen atoms in total. The van der Waals surface area contributed by atoms with E-state index in [2.05, 4.69) is 10.3 Å². The summed E-state index contributed by atoms with van der Waals surface area (Å²) in [7, 11) is 0. The van der Waals surface area contributed by atoms with E-state index in [1.807, 2.05) is 32.0 Å². The van der Waals surface area contributed by atoms with Crippen molar-refractivity contribution < 1.29 is 9.47 Å². The van der Waals surface area contributed by atoms with Gasteiger partial charge in [0.15, 0.2) is 5.13 Å². The van der Waals surface area contributed by atoms with Gasteiger partial charge in [0, 0.05) is 19.8 Å². The first-order chi connectivity index (χ1) is 9.33. The van der Waals surface area contributed by atoms with Gasteiger partial charge in [-0.25, -0.2) is 4.98 Å². The number of fused-ring (bicyclic) bond motifs is 1. The number of aromatic nitrogens is 1. The highest BCUT2D eigenvalue weighted by molar-refractivity contribution is 7.22. The molecule has 0 bridgehead atoms. The summed E-state index contributed by atoms with van der Waals surface area (Å²) in [5.74, 6) is 0.904. The topological polar surface area (TPSA) is 43.4 Å². The van der Waals surface area contributed by atoms with Gasteiger partial charge in [-0.3, -0.25) is 0 Å². The molecule has 0 fully saturated rings. The fraction of sp³-hybridized carbons (Fsp3) is 0.500. The van der Waals surface area contributed by atoms with Gasteiger partial charge in [-0.05, 0) is 38.5 Å². The maximum Gasteiger partial charge on any atom is 0.183 e. The number of anilines is 1. The molecule has 0 saturated carbocycles. The normalized spacial score (nSPS) is 10.8. The van der Waals surface area contributed by atoms with E-state index < -0.39 is 0 Å². The predicted molar refractivity (Wildman–Crippen MR) is 80.4 cm³/mol. The van der Waals surface area contributed by atoms with Crippen LogP contribution in [0.5, 0.6) is 5.75 Å². The smallest absolute Gasteiger partial charge is 0.183 e. The van der Waals surface area contributed by atoms with Crippen molar-refractivity contribution >= 4 is 26.7 Å². The fourth-order valence-electron chi connectivity index (χ4n) is 1.75. The minimum atomic E-state index is 0.687. The molecule has 2 aromatic rings. The van der Waals surface area contributed by atoms with E-state index >= 15 is 0 Å². The Morgan fingerprint density at radius 2 is 2.16 bits per heavy atom. The molecule has 0 atom stereocenters. The third-order valence-corrected chi connectivity index (χ3v) is 3.59. The standard InChI is InChI=1S/C14H20N2O2S/c1-3-17-9-5-8-15-14-16-12-7-6-11(18-4-2)10-13(12)19-14/h6-7,10H,3-5,8-9H2,1-2H3,(H,15,16). The zero-order chi connectivity index (χ0) is 13.5. The van der Waals surface area contributed by atoms with Crippen LogP contribution in [-0.2, 0) is 4.74 Å². The first-order valence-electron chi connectivity index (χ1n) is 6.68. The number of nitrogens with zero attached hydrogens (tertiary/aromatic N) is 1. The minimum Gasteiger partial charge on any atom is -0.494 e. The summed E-state index contributed by atoms with van der Waals surface area (Å²) in [6.07, 6.45) is 0.994. The third-order valence-electron chi connectivity index (χ3n) is 2.62. The average Bonchev–Trinajstić information content (AvgIpc) is 2.81. The lowest BCUT2D eigenvalue weighted by molar-refractivity contribution is 0.147. The number of ether oxygens (including phenoxy) is 2. The van der Waals surface area contributed by atoms with Gasteiger partial charge in [0.1, 0.15) is 5.75 Å². The van der Waals surface area contributed by atoms with E-state index in [9.17, 15) is 0 Å². The summed E-state index contributed by atoms with van der Waals surface area (Å²) >= 11 is 1.66. The van der Waals surface area contributed by atoms with Gasteiger partial charge in [-0.1, -0.05) is 11.3 Å². The Morgan fingerprint density at radius 1 is 1.26 bits per heavy atom. The summed E-state index contributed by atoms with van der Waals surface area (Å²) in [6, 6.07) is 6.01. The molecule has 5 heteroatoms. The van der Waals surface area contributed by atoms with Crippen LogP contribution in [-0.4, -0.2) is 31.3 Å². The maximum absolute atomic E-state index is 5.49. The van der Waals surface area contributed by atoms with Crippen molar-refractivity contribution in [1.82, 2.24) is 4.98 Å². The van der Waals surface area contributed by atoms with Gasteiger partial charge in [0.2, 0.25) is 0 Å². The Kier molecular flexibility index (Phi) is 5.42. The number of benzene rings is 1. The molecule has 0 radical (unpaired) electrons. The summed E-state index contributed by atoms with van der Waals surface area (Å²) in [6.45, 7) is 7.15. The number of rotatable bonds is 8. The third kappa shape index (κ3) is 4.08. The molecule has 0 spiro atoms. The van der Waals surface area contributed by atoms with Crippen LogP contribution in [0.3, 0.4) is 0 Å². The van der Waals surface area contributed by atoms with Gasteiger partial charge < -0.3 is 14.8 Å². The molecule has 0 amide bonds. The SMILES string of the molecule is CCOCCCNc1nc2ccc(OCC)cc2s1. The number of nitrogens with one attached hydrogen (secondary N) is 1. The van der Waals surface area contributed by atoms with Crippen molar-refractivity contribution in [2.45, 2.75) is 20.3 Å². The van der Waals surface area contributed by atoms with Gasteiger partial charge in [-0.2, -0.15) is 0 Å². The first-order valence-corrected chi connectivity index (χ1v) is 7.50. The highest BCUT2D eigenvalue weighted by Gasteiger charge is 2.04. The van der Waals surface area contributed by atoms with Crippen LogP contribution >= 0.6 is 11.3 Å². The number of hydrogen-bond acceptors (Lipinski definition) is 5. The van der Waals surface area contributed by atoms with Crippen molar-refractivity contribution in [2.75, 3.05) is 31.7 Å². The van der Waals surface area contributed by atoms with Crippen LogP contribution in [0.2, 0.25) is 0 Å². The van der Waals surface area contributed by atoms with Crippen LogP contribution in [0.1, 0.15) is 20.3 Å². The van der Waals surface area contributed by atoms with E-state index in [-0.39, 0.29) is 0 Å². The largest absolute Gasteiger partial charge is 0.494 e. The van der Waals surface area contributed by atoms with Crippen LogP contribution in [0.4, 0.5) is 5.13 Å². The second-order valence-corrected chi connectivity index (χ2v) is 5.09. The van der Waals surface area contributed by atoms with Crippen LogP contribution in [0.15, 0.2) is 18.2 Å². The zero-order valence-corrected chi connectivity index (χ0v) is 12.3. The second kappa shape index (κ2) is 7.31. The highest BCUT2D eigenvalue weighted by atomic mass is 32.1. The minimum absolute atomic E-state index is 0.687. The van der Waals surface area contributed by atoms with E-state index in [0.29, 0.717) is 6.61 Å². The van der Waals surface area contributed by atoms with E-state index in [4.69, 9.17) is 9.47 Å². The van der Waals surface area contributed by atoms with Gasteiger partial charge >= 0.3 is 0 Å². The summed E-state index contributed by atoms with van der Waals surface area (Å²) in [5, 5.41) is 4.29. The quantitative estimate of drug-likeness (QED) is 0.751. The van der Waals surface area contributed by atoms with E-state index in [0.717, 1.165) is 47.3 Å². The Morgan fingerprint density at radius 3 is 2.95 bits per heavy atom. The van der Waals surface area contributed by atoms with Gasteiger partial charge in [-0.15, -0.1) is 0 Å². The van der Waals surface area contributed by atoms with E-state index in [1.54, 1.807) is 11.3 Å². The summed E-state index contributed by atoms with van der Waals surface area (Å²) in [5.41, 5.74) is 1.01. The lowest BCUT2D eigenvalue weighted by Crippen LogP contribution is -2.05. The fourth-order valence-corrected chi connectivity index (χ4v) is 2.67. The molecule has 0 unspecified atom stereocenters. The monoisotopic (exact) mass is 280 g/mol. The van der Waals surface area contributed by atoms with Crippen molar-refractivity contribution in [3.05, 3.63) is 18.2 Å². The Bertz CT molecular complexity index is 513. The van der Waals surface area contributed by atoms with Crippen molar-refractivity contribution in [3.63, 3.8) is 0 Å². The number of hydrogen-bond donors (Lipinski definition) is 1. The molecular formula is C14H20N2O2S. The molecular weight excluding hydrogens is 260 g/mol. The van der Waals surface area contributed by atoms with Crippen LogP contribution < -0.4 is 10.1 Å². The van der Waals surface area contributed by atoms with Crippen LogP contribution in [0, 0.1) is 0 Å². The molecule has 1 aromatic heterocycles. The number of thiazole rings is 1.